The van der Waals surface area contributed by atoms with Crippen LogP contribution in [0.2, 0.25) is 0 Å². The maximum atomic E-state index is 12.6. The summed E-state index contributed by atoms with van der Waals surface area (Å²) in [6.07, 6.45) is 0.0526. The molecule has 1 aliphatic rings. The quantitative estimate of drug-likeness (QED) is 0.856. The maximum absolute atomic E-state index is 12.6. The number of methoxy groups -OCH3 is 1. The summed E-state index contributed by atoms with van der Waals surface area (Å²) in [5.74, 6) is -0.256. The third kappa shape index (κ3) is 2.46. The van der Waals surface area contributed by atoms with Crippen LogP contribution in [0.5, 0.6) is 17.2 Å². The fourth-order valence-corrected chi connectivity index (χ4v) is 2.86. The number of pyridine rings is 1. The van der Waals surface area contributed by atoms with Crippen molar-refractivity contribution in [1.29, 1.82) is 0 Å². The van der Waals surface area contributed by atoms with Gasteiger partial charge in [0.15, 0.2) is 11.5 Å². The van der Waals surface area contributed by atoms with E-state index < -0.39 is 11.9 Å². The minimum atomic E-state index is -0.456. The van der Waals surface area contributed by atoms with E-state index in [0.717, 1.165) is 0 Å². The molecule has 0 saturated carbocycles. The lowest BCUT2D eigenvalue weighted by Crippen LogP contribution is -2.31. The van der Waals surface area contributed by atoms with E-state index in [1.807, 2.05) is 0 Å². The summed E-state index contributed by atoms with van der Waals surface area (Å²) >= 11 is 0. The zero-order valence-corrected chi connectivity index (χ0v) is 13.1. The number of aromatic nitrogens is 1. The van der Waals surface area contributed by atoms with Gasteiger partial charge < -0.3 is 19.1 Å². The first kappa shape index (κ1) is 15.1. The van der Waals surface area contributed by atoms with Crippen LogP contribution in [0, 0.1) is 6.92 Å². The Morgan fingerprint density at radius 2 is 2.04 bits per heavy atom. The number of esters is 1. The summed E-state index contributed by atoms with van der Waals surface area (Å²) in [7, 11) is 3.14. The van der Waals surface area contributed by atoms with E-state index in [9.17, 15) is 14.7 Å². The van der Waals surface area contributed by atoms with E-state index in [-0.39, 0.29) is 17.7 Å². The Labute approximate surface area is 132 Å². The number of phenols is 1. The number of carbonyl (C=O) groups excluding carboxylic acids is 1. The van der Waals surface area contributed by atoms with Crippen LogP contribution in [0.1, 0.15) is 29.2 Å². The summed E-state index contributed by atoms with van der Waals surface area (Å²) in [6, 6.07) is 6.56. The number of hydrogen-bond donors (Lipinski definition) is 1. The number of aryl methyl sites for hydroxylation is 1. The Kier molecular flexibility index (Phi) is 3.60. The summed E-state index contributed by atoms with van der Waals surface area (Å²) in [5.41, 5.74) is 1.61. The average Bonchev–Trinajstić information content (AvgIpc) is 2.51. The number of phenolic OH excluding ortho intramolecular Hbond substituents is 1. The first-order valence-corrected chi connectivity index (χ1v) is 7.20. The van der Waals surface area contributed by atoms with Crippen molar-refractivity contribution in [3.63, 3.8) is 0 Å². The Balaban J connectivity index is 2.19. The van der Waals surface area contributed by atoms with Crippen molar-refractivity contribution in [2.24, 2.45) is 7.05 Å². The van der Waals surface area contributed by atoms with Crippen LogP contribution in [-0.4, -0.2) is 22.8 Å². The molecular weight excluding hydrogens is 298 g/mol. The molecule has 0 bridgehead atoms. The van der Waals surface area contributed by atoms with Gasteiger partial charge in [0.05, 0.1) is 19.1 Å². The third-order valence-electron chi connectivity index (χ3n) is 4.22. The van der Waals surface area contributed by atoms with E-state index in [0.29, 0.717) is 28.3 Å². The summed E-state index contributed by atoms with van der Waals surface area (Å²) in [6.45, 7) is 1.78. The number of carbonyl (C=O) groups is 1. The molecule has 0 fully saturated rings. The van der Waals surface area contributed by atoms with Gasteiger partial charge in [0.25, 0.3) is 5.56 Å². The Hall–Kier alpha value is -2.76. The van der Waals surface area contributed by atoms with E-state index >= 15 is 0 Å². The zero-order valence-electron chi connectivity index (χ0n) is 13.1. The second kappa shape index (κ2) is 5.46. The van der Waals surface area contributed by atoms with Crippen molar-refractivity contribution in [2.45, 2.75) is 19.3 Å². The number of hydrogen-bond acceptors (Lipinski definition) is 5. The van der Waals surface area contributed by atoms with Gasteiger partial charge in [-0.25, -0.2) is 0 Å². The Bertz CT molecular complexity index is 853. The molecule has 1 aromatic carbocycles. The minimum Gasteiger partial charge on any atom is -0.504 e. The van der Waals surface area contributed by atoms with Gasteiger partial charge in [-0.15, -0.1) is 0 Å². The van der Waals surface area contributed by atoms with Crippen LogP contribution in [0.4, 0.5) is 0 Å². The molecule has 2 heterocycles. The number of fused-ring (bicyclic) bond motifs is 1. The maximum Gasteiger partial charge on any atom is 0.312 e. The molecule has 120 valence electrons. The topological polar surface area (TPSA) is 77.8 Å². The second-order valence-electron chi connectivity index (χ2n) is 5.59. The van der Waals surface area contributed by atoms with Gasteiger partial charge in [0.1, 0.15) is 5.75 Å². The molecule has 0 spiro atoms. The zero-order chi connectivity index (χ0) is 16.7. The van der Waals surface area contributed by atoms with E-state index in [2.05, 4.69) is 0 Å². The molecule has 2 aromatic rings. The standard InChI is InChI=1S/C17H17NO5/c1-9-6-14-16(17(21)18(9)2)11(8-15(20)23-14)10-4-5-13(22-3)12(19)7-10/h4-7,11,19H,8H2,1-3H3/t11-/m1/s1. The predicted molar refractivity (Wildman–Crippen MR) is 83.2 cm³/mol. The lowest BCUT2D eigenvalue weighted by atomic mass is 9.86. The molecule has 23 heavy (non-hydrogen) atoms. The van der Waals surface area contributed by atoms with Crippen molar-refractivity contribution >= 4 is 5.97 Å². The van der Waals surface area contributed by atoms with Crippen LogP contribution < -0.4 is 15.0 Å². The highest BCUT2D eigenvalue weighted by molar-refractivity contribution is 5.77. The van der Waals surface area contributed by atoms with E-state index in [4.69, 9.17) is 9.47 Å². The highest BCUT2D eigenvalue weighted by Crippen LogP contribution is 2.39. The molecule has 1 aromatic heterocycles. The molecule has 1 atom stereocenters. The molecular formula is C17H17NO5. The largest absolute Gasteiger partial charge is 0.504 e. The SMILES string of the molecule is COc1ccc([C@H]2CC(=O)Oc3cc(C)n(C)c(=O)c32)cc1O. The number of rotatable bonds is 2. The molecule has 0 aliphatic carbocycles. The summed E-state index contributed by atoms with van der Waals surface area (Å²) in [5, 5.41) is 9.98. The molecule has 0 radical (unpaired) electrons. The second-order valence-corrected chi connectivity index (χ2v) is 5.59. The van der Waals surface area contributed by atoms with Gasteiger partial charge in [0, 0.05) is 24.7 Å². The monoisotopic (exact) mass is 315 g/mol. The summed E-state index contributed by atoms with van der Waals surface area (Å²) < 4.78 is 11.8. The van der Waals surface area contributed by atoms with Gasteiger partial charge in [-0.2, -0.15) is 0 Å². The number of benzene rings is 1. The number of ether oxygens (including phenoxy) is 2. The first-order chi connectivity index (χ1) is 10.9. The Morgan fingerprint density at radius 1 is 1.30 bits per heavy atom. The number of nitrogens with zero attached hydrogens (tertiary/aromatic N) is 1. The predicted octanol–water partition coefficient (Wildman–Crippen LogP) is 1.85. The van der Waals surface area contributed by atoms with Crippen molar-refractivity contribution in [3.8, 4) is 17.2 Å². The van der Waals surface area contributed by atoms with Crippen LogP contribution in [0.25, 0.3) is 0 Å². The fourth-order valence-electron chi connectivity index (χ4n) is 2.86. The Morgan fingerprint density at radius 3 is 2.70 bits per heavy atom. The van der Waals surface area contributed by atoms with Crippen LogP contribution >= 0.6 is 0 Å². The van der Waals surface area contributed by atoms with Crippen LogP contribution in [-0.2, 0) is 11.8 Å². The van der Waals surface area contributed by atoms with Gasteiger partial charge in [-0.3, -0.25) is 9.59 Å². The molecule has 1 N–H and O–H groups in total. The average molecular weight is 315 g/mol. The lowest BCUT2D eigenvalue weighted by molar-refractivity contribution is -0.135. The molecule has 0 saturated heterocycles. The molecule has 3 rings (SSSR count). The highest BCUT2D eigenvalue weighted by atomic mass is 16.5. The van der Waals surface area contributed by atoms with Crippen molar-refractivity contribution in [1.82, 2.24) is 4.57 Å². The molecule has 6 heteroatoms. The van der Waals surface area contributed by atoms with Gasteiger partial charge in [-0.05, 0) is 24.6 Å². The highest BCUT2D eigenvalue weighted by Gasteiger charge is 2.32. The normalized spacial score (nSPS) is 16.7. The third-order valence-corrected chi connectivity index (χ3v) is 4.22. The number of aromatic hydroxyl groups is 1. The van der Waals surface area contributed by atoms with Gasteiger partial charge in [-0.1, -0.05) is 6.07 Å². The molecule has 6 nitrogen and oxygen atoms in total. The van der Waals surface area contributed by atoms with Gasteiger partial charge >= 0.3 is 5.97 Å². The van der Waals surface area contributed by atoms with E-state index in [1.165, 1.54) is 17.7 Å². The lowest BCUT2D eigenvalue weighted by Gasteiger charge is -2.25. The first-order valence-electron chi connectivity index (χ1n) is 7.20. The minimum absolute atomic E-state index is 0.0329. The van der Waals surface area contributed by atoms with Crippen LogP contribution in [0.15, 0.2) is 29.1 Å². The van der Waals surface area contributed by atoms with E-state index in [1.54, 1.807) is 32.2 Å². The molecule has 1 aliphatic heterocycles. The molecule has 0 unspecified atom stereocenters. The van der Waals surface area contributed by atoms with Gasteiger partial charge in [0.2, 0.25) is 0 Å². The van der Waals surface area contributed by atoms with Crippen molar-refractivity contribution in [2.75, 3.05) is 7.11 Å². The molecule has 0 amide bonds. The fraction of sp³-hybridized carbons (Fsp3) is 0.294. The summed E-state index contributed by atoms with van der Waals surface area (Å²) in [4.78, 5) is 24.5. The van der Waals surface area contributed by atoms with Crippen molar-refractivity contribution < 1.29 is 19.4 Å². The smallest absolute Gasteiger partial charge is 0.312 e. The van der Waals surface area contributed by atoms with Crippen molar-refractivity contribution in [3.05, 3.63) is 51.4 Å². The van der Waals surface area contributed by atoms with Crippen LogP contribution in [0.3, 0.4) is 0 Å².